The third-order valence-corrected chi connectivity index (χ3v) is 1.57. The van der Waals surface area contributed by atoms with E-state index in [0.29, 0.717) is 12.3 Å². The number of ether oxygens (including phenoxy) is 1. The average Bonchev–Trinajstić information content (AvgIpc) is 2.66. The molecule has 0 radical (unpaired) electrons. The number of nitrogens with zero attached hydrogens (tertiary/aromatic N) is 1. The highest BCUT2D eigenvalue weighted by Crippen LogP contribution is 2.33. The van der Waals surface area contributed by atoms with Crippen LogP contribution in [-0.2, 0) is 10.9 Å². The summed E-state index contributed by atoms with van der Waals surface area (Å²) in [5, 5.41) is 5.40. The molecule has 1 fully saturated rings. The summed E-state index contributed by atoms with van der Waals surface area (Å²) in [5.41, 5.74) is -0.504. The standard InChI is InChI=1S/C6H5F3N2O/c7-6(8,9)5-1-3(10-11-5)4-2-12-4/h1,4H,2H2,(H,10,11). The van der Waals surface area contributed by atoms with Crippen molar-refractivity contribution in [2.75, 3.05) is 6.61 Å². The number of H-pyrrole nitrogens is 1. The molecule has 1 aliphatic rings. The molecule has 1 aromatic rings. The summed E-state index contributed by atoms with van der Waals surface area (Å²) in [6, 6.07) is 0.970. The molecule has 0 aromatic carbocycles. The summed E-state index contributed by atoms with van der Waals surface area (Å²) in [6.07, 6.45) is -4.59. The summed E-state index contributed by atoms with van der Waals surface area (Å²) < 4.78 is 40.7. The van der Waals surface area contributed by atoms with Gasteiger partial charge < -0.3 is 4.74 Å². The van der Waals surface area contributed by atoms with Crippen molar-refractivity contribution in [1.29, 1.82) is 0 Å². The minimum Gasteiger partial charge on any atom is -0.366 e. The lowest BCUT2D eigenvalue weighted by atomic mass is 10.3. The van der Waals surface area contributed by atoms with Gasteiger partial charge in [-0.2, -0.15) is 18.3 Å². The van der Waals surface area contributed by atoms with Crippen LogP contribution < -0.4 is 0 Å². The fourth-order valence-corrected chi connectivity index (χ4v) is 0.874. The normalized spacial score (nSPS) is 22.8. The van der Waals surface area contributed by atoms with Gasteiger partial charge in [-0.3, -0.25) is 5.10 Å². The van der Waals surface area contributed by atoms with E-state index in [1.54, 1.807) is 0 Å². The van der Waals surface area contributed by atoms with E-state index >= 15 is 0 Å². The largest absolute Gasteiger partial charge is 0.435 e. The second-order valence-electron chi connectivity index (χ2n) is 2.53. The molecule has 2 heterocycles. The van der Waals surface area contributed by atoms with Gasteiger partial charge in [0.15, 0.2) is 5.69 Å². The maximum atomic E-state index is 12.0. The molecule has 1 N–H and O–H groups in total. The van der Waals surface area contributed by atoms with Gasteiger partial charge in [-0.05, 0) is 6.07 Å². The van der Waals surface area contributed by atoms with E-state index in [0.717, 1.165) is 6.07 Å². The topological polar surface area (TPSA) is 41.2 Å². The molecule has 1 atom stereocenters. The van der Waals surface area contributed by atoms with Gasteiger partial charge >= 0.3 is 6.18 Å². The maximum absolute atomic E-state index is 12.0. The number of nitrogens with one attached hydrogen (secondary N) is 1. The molecule has 66 valence electrons. The van der Waals surface area contributed by atoms with Crippen LogP contribution in [0.15, 0.2) is 6.07 Å². The minimum atomic E-state index is -4.37. The zero-order valence-electron chi connectivity index (χ0n) is 5.85. The van der Waals surface area contributed by atoms with Crippen molar-refractivity contribution < 1.29 is 17.9 Å². The quantitative estimate of drug-likeness (QED) is 0.662. The van der Waals surface area contributed by atoms with Crippen molar-refractivity contribution >= 4 is 0 Å². The molecule has 12 heavy (non-hydrogen) atoms. The minimum absolute atomic E-state index is 0.214. The van der Waals surface area contributed by atoms with Crippen LogP contribution in [0.3, 0.4) is 0 Å². The Balaban J connectivity index is 2.23. The van der Waals surface area contributed by atoms with Crippen LogP contribution in [0.25, 0.3) is 0 Å². The molecular formula is C6H5F3N2O. The highest BCUT2D eigenvalue weighted by atomic mass is 19.4. The number of alkyl halides is 3. The first-order chi connectivity index (χ1) is 5.57. The second-order valence-corrected chi connectivity index (χ2v) is 2.53. The summed E-state index contributed by atoms with van der Waals surface area (Å²) >= 11 is 0. The smallest absolute Gasteiger partial charge is 0.366 e. The number of halogens is 3. The molecule has 2 rings (SSSR count). The number of hydrogen-bond donors (Lipinski definition) is 1. The van der Waals surface area contributed by atoms with E-state index < -0.39 is 11.9 Å². The number of hydrogen-bond acceptors (Lipinski definition) is 2. The average molecular weight is 178 g/mol. The molecule has 0 amide bonds. The van der Waals surface area contributed by atoms with E-state index in [-0.39, 0.29) is 6.10 Å². The number of aromatic amines is 1. The molecule has 0 spiro atoms. The van der Waals surface area contributed by atoms with Gasteiger partial charge in [0.25, 0.3) is 0 Å². The van der Waals surface area contributed by atoms with Gasteiger partial charge in [0, 0.05) is 0 Å². The predicted molar refractivity (Wildman–Crippen MR) is 32.3 cm³/mol. The SMILES string of the molecule is FC(F)(F)c1cc(C2CO2)[nH]n1. The van der Waals surface area contributed by atoms with Gasteiger partial charge in [-0.1, -0.05) is 0 Å². The second kappa shape index (κ2) is 2.22. The lowest BCUT2D eigenvalue weighted by Gasteiger charge is -1.98. The number of epoxide rings is 1. The van der Waals surface area contributed by atoms with Crippen LogP contribution in [0.5, 0.6) is 0 Å². The van der Waals surface area contributed by atoms with Crippen LogP contribution in [-0.4, -0.2) is 16.8 Å². The monoisotopic (exact) mass is 178 g/mol. The third kappa shape index (κ3) is 1.29. The van der Waals surface area contributed by atoms with E-state index in [1.807, 2.05) is 0 Å². The zero-order valence-corrected chi connectivity index (χ0v) is 5.85. The van der Waals surface area contributed by atoms with E-state index in [9.17, 15) is 13.2 Å². The Labute approximate surface area is 65.5 Å². The molecule has 1 aliphatic heterocycles. The number of rotatable bonds is 1. The highest BCUT2D eigenvalue weighted by molar-refractivity contribution is 5.16. The molecule has 0 aliphatic carbocycles. The van der Waals surface area contributed by atoms with Crippen molar-refractivity contribution in [3.05, 3.63) is 17.5 Å². The van der Waals surface area contributed by atoms with Crippen molar-refractivity contribution in [3.8, 4) is 0 Å². The fraction of sp³-hybridized carbons (Fsp3) is 0.500. The molecule has 0 saturated carbocycles. The Morgan fingerprint density at radius 2 is 2.25 bits per heavy atom. The van der Waals surface area contributed by atoms with Crippen LogP contribution >= 0.6 is 0 Å². The van der Waals surface area contributed by atoms with E-state index in [4.69, 9.17) is 4.74 Å². The van der Waals surface area contributed by atoms with E-state index in [2.05, 4.69) is 10.2 Å². The summed E-state index contributed by atoms with van der Waals surface area (Å²) in [6.45, 7) is 0.472. The maximum Gasteiger partial charge on any atom is 0.435 e. The van der Waals surface area contributed by atoms with Crippen molar-refractivity contribution in [3.63, 3.8) is 0 Å². The van der Waals surface area contributed by atoms with E-state index in [1.165, 1.54) is 0 Å². The molecule has 6 heteroatoms. The molecule has 0 bridgehead atoms. The van der Waals surface area contributed by atoms with Crippen LogP contribution in [0, 0.1) is 0 Å². The third-order valence-electron chi connectivity index (χ3n) is 1.57. The first kappa shape index (κ1) is 7.60. The van der Waals surface area contributed by atoms with Crippen molar-refractivity contribution in [1.82, 2.24) is 10.2 Å². The van der Waals surface area contributed by atoms with Gasteiger partial charge in [0.1, 0.15) is 6.10 Å². The molecule has 3 nitrogen and oxygen atoms in total. The lowest BCUT2D eigenvalue weighted by molar-refractivity contribution is -0.141. The zero-order chi connectivity index (χ0) is 8.77. The highest BCUT2D eigenvalue weighted by Gasteiger charge is 2.36. The molecule has 1 unspecified atom stereocenters. The van der Waals surface area contributed by atoms with Crippen LogP contribution in [0.1, 0.15) is 17.5 Å². The first-order valence-corrected chi connectivity index (χ1v) is 3.31. The molecule has 1 saturated heterocycles. The molecule has 1 aromatic heterocycles. The first-order valence-electron chi connectivity index (χ1n) is 3.31. The Bertz CT molecular complexity index is 289. The Kier molecular flexibility index (Phi) is 1.41. The number of aromatic nitrogens is 2. The Hall–Kier alpha value is -1.04. The Morgan fingerprint density at radius 3 is 2.67 bits per heavy atom. The van der Waals surface area contributed by atoms with Crippen LogP contribution in [0.4, 0.5) is 13.2 Å². The summed E-state index contributed by atoms with van der Waals surface area (Å²) in [4.78, 5) is 0. The van der Waals surface area contributed by atoms with Crippen LogP contribution in [0.2, 0.25) is 0 Å². The van der Waals surface area contributed by atoms with Gasteiger partial charge in [-0.25, -0.2) is 0 Å². The van der Waals surface area contributed by atoms with Gasteiger partial charge in [0.05, 0.1) is 12.3 Å². The molecular weight excluding hydrogens is 173 g/mol. The summed E-state index contributed by atoms with van der Waals surface area (Å²) in [5.74, 6) is 0. The summed E-state index contributed by atoms with van der Waals surface area (Å²) in [7, 11) is 0. The van der Waals surface area contributed by atoms with Gasteiger partial charge in [0.2, 0.25) is 0 Å². The van der Waals surface area contributed by atoms with Crippen molar-refractivity contribution in [2.24, 2.45) is 0 Å². The lowest BCUT2D eigenvalue weighted by Crippen LogP contribution is -2.04. The van der Waals surface area contributed by atoms with Crippen molar-refractivity contribution in [2.45, 2.75) is 12.3 Å². The Morgan fingerprint density at radius 1 is 1.58 bits per heavy atom. The van der Waals surface area contributed by atoms with Gasteiger partial charge in [-0.15, -0.1) is 0 Å². The predicted octanol–water partition coefficient (Wildman–Crippen LogP) is 1.50. The fourth-order valence-electron chi connectivity index (χ4n) is 0.874.